The first-order valence-electron chi connectivity index (χ1n) is 5.93. The van der Waals surface area contributed by atoms with Gasteiger partial charge in [0.15, 0.2) is 0 Å². The fourth-order valence-electron chi connectivity index (χ4n) is 3.14. The van der Waals surface area contributed by atoms with Crippen LogP contribution in [0.3, 0.4) is 0 Å². The number of ether oxygens (including phenoxy) is 1. The Bertz CT molecular complexity index is 265. The highest BCUT2D eigenvalue weighted by molar-refractivity contribution is 5.68. The van der Waals surface area contributed by atoms with Crippen molar-refractivity contribution in [3.05, 3.63) is 12.8 Å². The summed E-state index contributed by atoms with van der Waals surface area (Å²) in [4.78, 5) is 13.3. The molecular weight excluding hydrogens is 206 g/mol. The number of nitrogens with zero attached hydrogens (tertiary/aromatic N) is 1. The summed E-state index contributed by atoms with van der Waals surface area (Å²) in [6.07, 6.45) is 4.31. The van der Waals surface area contributed by atoms with Gasteiger partial charge < -0.3 is 14.7 Å². The maximum absolute atomic E-state index is 11.6. The van der Waals surface area contributed by atoms with E-state index in [1.807, 2.05) is 0 Å². The van der Waals surface area contributed by atoms with Gasteiger partial charge in [-0.2, -0.15) is 0 Å². The Morgan fingerprint density at radius 2 is 2.06 bits per heavy atom. The minimum absolute atomic E-state index is 0.250. The van der Waals surface area contributed by atoms with E-state index in [1.165, 1.54) is 12.7 Å². The minimum Gasteiger partial charge on any atom is -0.419 e. The van der Waals surface area contributed by atoms with Crippen molar-refractivity contribution in [2.45, 2.75) is 19.3 Å². The smallest absolute Gasteiger partial charge is 0.414 e. The molecule has 2 unspecified atom stereocenters. The predicted octanol–water partition coefficient (Wildman–Crippen LogP) is 1.61. The van der Waals surface area contributed by atoms with E-state index < -0.39 is 0 Å². The SMILES string of the molecule is C=COC(=O)N1CC2CCCC(C1)C2CO. The van der Waals surface area contributed by atoms with E-state index in [9.17, 15) is 9.90 Å². The Morgan fingerprint density at radius 3 is 2.56 bits per heavy atom. The Balaban J connectivity index is 2.02. The molecule has 0 aromatic heterocycles. The summed E-state index contributed by atoms with van der Waals surface area (Å²) in [6, 6.07) is 0. The van der Waals surface area contributed by atoms with Crippen LogP contribution in [0.1, 0.15) is 19.3 Å². The normalized spacial score (nSPS) is 33.3. The van der Waals surface area contributed by atoms with Gasteiger partial charge in [0, 0.05) is 19.7 Å². The molecule has 2 rings (SSSR count). The molecule has 2 atom stereocenters. The van der Waals surface area contributed by atoms with Crippen molar-refractivity contribution in [1.29, 1.82) is 0 Å². The number of carbonyl (C=O) groups is 1. The van der Waals surface area contributed by atoms with Crippen LogP contribution < -0.4 is 0 Å². The molecule has 0 radical (unpaired) electrons. The molecule has 1 heterocycles. The lowest BCUT2D eigenvalue weighted by molar-refractivity contribution is -0.00181. The monoisotopic (exact) mass is 225 g/mol. The lowest BCUT2D eigenvalue weighted by Gasteiger charge is -2.46. The number of likely N-dealkylation sites (tertiary alicyclic amines) is 1. The van der Waals surface area contributed by atoms with Crippen LogP contribution in [-0.4, -0.2) is 35.8 Å². The van der Waals surface area contributed by atoms with Gasteiger partial charge in [0.2, 0.25) is 0 Å². The predicted molar refractivity (Wildman–Crippen MR) is 59.7 cm³/mol. The van der Waals surface area contributed by atoms with Crippen LogP contribution in [0.4, 0.5) is 4.79 Å². The molecule has 1 aliphatic carbocycles. The van der Waals surface area contributed by atoms with Crippen LogP contribution in [0.5, 0.6) is 0 Å². The molecule has 16 heavy (non-hydrogen) atoms. The molecule has 2 fully saturated rings. The molecule has 4 nitrogen and oxygen atoms in total. The van der Waals surface area contributed by atoms with Gasteiger partial charge >= 0.3 is 6.09 Å². The van der Waals surface area contributed by atoms with E-state index in [4.69, 9.17) is 4.74 Å². The third-order valence-electron chi connectivity index (χ3n) is 3.92. The lowest BCUT2D eigenvalue weighted by atomic mass is 9.69. The molecule has 1 aliphatic heterocycles. The fraction of sp³-hybridized carbons (Fsp3) is 0.750. The van der Waals surface area contributed by atoms with Gasteiger partial charge in [0.05, 0.1) is 6.26 Å². The maximum atomic E-state index is 11.6. The van der Waals surface area contributed by atoms with Crippen molar-refractivity contribution >= 4 is 6.09 Å². The van der Waals surface area contributed by atoms with Crippen LogP contribution >= 0.6 is 0 Å². The molecule has 90 valence electrons. The van der Waals surface area contributed by atoms with E-state index in [0.29, 0.717) is 30.8 Å². The first kappa shape index (κ1) is 11.5. The molecule has 2 bridgehead atoms. The Morgan fingerprint density at radius 1 is 1.44 bits per heavy atom. The van der Waals surface area contributed by atoms with Gasteiger partial charge in [0.25, 0.3) is 0 Å². The number of amides is 1. The van der Waals surface area contributed by atoms with E-state index >= 15 is 0 Å². The number of hydrogen-bond donors (Lipinski definition) is 1. The number of hydrogen-bond acceptors (Lipinski definition) is 3. The van der Waals surface area contributed by atoms with Crippen molar-refractivity contribution in [3.63, 3.8) is 0 Å². The van der Waals surface area contributed by atoms with E-state index in [2.05, 4.69) is 6.58 Å². The van der Waals surface area contributed by atoms with Crippen LogP contribution in [0.2, 0.25) is 0 Å². The van der Waals surface area contributed by atoms with Gasteiger partial charge in [0.1, 0.15) is 0 Å². The second-order valence-corrected chi connectivity index (χ2v) is 4.75. The average Bonchev–Trinajstić information content (AvgIpc) is 2.27. The highest BCUT2D eigenvalue weighted by Crippen LogP contribution is 2.39. The fourth-order valence-corrected chi connectivity index (χ4v) is 3.14. The molecule has 1 amide bonds. The Hall–Kier alpha value is -1.03. The molecule has 0 spiro atoms. The summed E-state index contributed by atoms with van der Waals surface area (Å²) in [6.45, 7) is 5.07. The van der Waals surface area contributed by atoms with Gasteiger partial charge in [-0.05, 0) is 30.6 Å². The van der Waals surface area contributed by atoms with Crippen LogP contribution in [0.15, 0.2) is 12.8 Å². The van der Waals surface area contributed by atoms with E-state index in [1.54, 1.807) is 4.90 Å². The maximum Gasteiger partial charge on any atom is 0.414 e. The number of carbonyl (C=O) groups excluding carboxylic acids is 1. The summed E-state index contributed by atoms with van der Waals surface area (Å²) in [5.41, 5.74) is 0. The van der Waals surface area contributed by atoms with Crippen molar-refractivity contribution in [2.75, 3.05) is 19.7 Å². The highest BCUT2D eigenvalue weighted by Gasteiger charge is 2.40. The zero-order valence-corrected chi connectivity index (χ0v) is 9.47. The molecule has 0 aromatic rings. The Kier molecular flexibility index (Phi) is 3.49. The summed E-state index contributed by atoms with van der Waals surface area (Å²) in [5.74, 6) is 1.26. The van der Waals surface area contributed by atoms with Crippen molar-refractivity contribution in [1.82, 2.24) is 4.90 Å². The van der Waals surface area contributed by atoms with E-state index in [-0.39, 0.29) is 12.7 Å². The van der Waals surface area contributed by atoms with Crippen LogP contribution in [-0.2, 0) is 4.74 Å². The minimum atomic E-state index is -0.303. The first-order chi connectivity index (χ1) is 7.76. The molecule has 1 N–H and O–H groups in total. The van der Waals surface area contributed by atoms with Crippen LogP contribution in [0.25, 0.3) is 0 Å². The standard InChI is InChI=1S/C12H19NO3/c1-2-16-12(15)13-6-9-4-3-5-10(7-13)11(9)8-14/h2,9-11,14H,1,3-8H2. The van der Waals surface area contributed by atoms with Gasteiger partial charge in [-0.1, -0.05) is 13.0 Å². The molecular formula is C12H19NO3. The summed E-state index contributed by atoms with van der Waals surface area (Å²) < 4.78 is 4.80. The van der Waals surface area contributed by atoms with Gasteiger partial charge in [-0.3, -0.25) is 0 Å². The van der Waals surface area contributed by atoms with Crippen LogP contribution in [0, 0.1) is 17.8 Å². The number of rotatable bonds is 2. The Labute approximate surface area is 95.9 Å². The quantitative estimate of drug-likeness (QED) is 0.726. The third-order valence-corrected chi connectivity index (χ3v) is 3.92. The number of fused-ring (bicyclic) bond motifs is 2. The topological polar surface area (TPSA) is 49.8 Å². The van der Waals surface area contributed by atoms with Gasteiger partial charge in [-0.25, -0.2) is 4.79 Å². The number of piperidine rings is 1. The molecule has 1 saturated heterocycles. The van der Waals surface area contributed by atoms with Gasteiger partial charge in [-0.15, -0.1) is 0 Å². The number of aliphatic hydroxyl groups is 1. The molecule has 1 saturated carbocycles. The molecule has 2 aliphatic rings. The molecule has 4 heteroatoms. The number of aliphatic hydroxyl groups excluding tert-OH is 1. The third kappa shape index (κ3) is 2.07. The van der Waals surface area contributed by atoms with Crippen molar-refractivity contribution in [2.24, 2.45) is 17.8 Å². The average molecular weight is 225 g/mol. The van der Waals surface area contributed by atoms with E-state index in [0.717, 1.165) is 12.8 Å². The zero-order valence-electron chi connectivity index (χ0n) is 9.47. The summed E-state index contributed by atoms with van der Waals surface area (Å²) in [7, 11) is 0. The molecule has 0 aromatic carbocycles. The summed E-state index contributed by atoms with van der Waals surface area (Å²) >= 11 is 0. The zero-order chi connectivity index (χ0) is 11.5. The van der Waals surface area contributed by atoms with Crippen molar-refractivity contribution in [3.8, 4) is 0 Å². The first-order valence-corrected chi connectivity index (χ1v) is 5.93. The lowest BCUT2D eigenvalue weighted by Crippen LogP contribution is -2.51. The summed E-state index contributed by atoms with van der Waals surface area (Å²) in [5, 5.41) is 9.37. The van der Waals surface area contributed by atoms with Crippen molar-refractivity contribution < 1.29 is 14.6 Å². The highest BCUT2D eigenvalue weighted by atomic mass is 16.5. The second-order valence-electron chi connectivity index (χ2n) is 4.75. The largest absolute Gasteiger partial charge is 0.419 e. The second kappa shape index (κ2) is 4.87.